The second kappa shape index (κ2) is 6.72. The van der Waals surface area contributed by atoms with Crippen LogP contribution < -0.4 is 5.73 Å². The predicted molar refractivity (Wildman–Crippen MR) is 82.3 cm³/mol. The largest absolute Gasteiger partial charge is 0.480 e. The van der Waals surface area contributed by atoms with Gasteiger partial charge in [0.15, 0.2) is 6.04 Å². The smallest absolute Gasteiger partial charge is 0.328 e. The van der Waals surface area contributed by atoms with Crippen LogP contribution in [0.1, 0.15) is 45.4 Å². The number of carbonyl (C=O) groups is 2. The Kier molecular flexibility index (Phi) is 5.11. The van der Waals surface area contributed by atoms with Gasteiger partial charge in [0.1, 0.15) is 11.4 Å². The molecule has 128 valence electrons. The van der Waals surface area contributed by atoms with E-state index in [1.165, 1.54) is 6.26 Å². The molecule has 3 N–H and O–H groups in total. The molecule has 1 aromatic rings. The molecule has 0 bridgehead atoms. The van der Waals surface area contributed by atoms with Gasteiger partial charge in [0.05, 0.1) is 18.3 Å². The van der Waals surface area contributed by atoms with Crippen LogP contribution in [0.5, 0.6) is 0 Å². The molecule has 2 heterocycles. The quantitative estimate of drug-likeness (QED) is 0.812. The molecule has 0 aliphatic carbocycles. The number of likely N-dealkylation sites (tertiary alicyclic amines) is 1. The Hall–Kier alpha value is -1.86. The number of hydrogen-bond donors (Lipinski definition) is 2. The molecule has 0 aromatic carbocycles. The molecule has 0 saturated carbocycles. The summed E-state index contributed by atoms with van der Waals surface area (Å²) < 4.78 is 10.7. The van der Waals surface area contributed by atoms with Crippen LogP contribution in [0.25, 0.3) is 0 Å². The number of piperidine rings is 1. The fraction of sp³-hybridized carbons (Fsp3) is 0.625. The Morgan fingerprint density at radius 1 is 1.48 bits per heavy atom. The van der Waals surface area contributed by atoms with E-state index in [9.17, 15) is 14.7 Å². The number of carbonyl (C=O) groups excluding carboxylic acids is 1. The molecule has 1 aliphatic heterocycles. The highest BCUT2D eigenvalue weighted by atomic mass is 16.6. The molecule has 2 rings (SSSR count). The van der Waals surface area contributed by atoms with Crippen molar-refractivity contribution in [2.45, 2.75) is 51.4 Å². The van der Waals surface area contributed by atoms with Crippen molar-refractivity contribution < 1.29 is 23.8 Å². The molecule has 1 fully saturated rings. The molecule has 1 saturated heterocycles. The average Bonchev–Trinajstić information content (AvgIpc) is 2.92. The van der Waals surface area contributed by atoms with Crippen molar-refractivity contribution in [2.75, 3.05) is 6.54 Å². The van der Waals surface area contributed by atoms with E-state index in [-0.39, 0.29) is 0 Å². The third-order valence-electron chi connectivity index (χ3n) is 3.81. The Labute approximate surface area is 135 Å². The van der Waals surface area contributed by atoms with E-state index in [1.807, 2.05) is 0 Å². The first-order valence-corrected chi connectivity index (χ1v) is 7.71. The van der Waals surface area contributed by atoms with Crippen molar-refractivity contribution in [3.05, 3.63) is 24.2 Å². The molecular weight excluding hydrogens is 300 g/mol. The van der Waals surface area contributed by atoms with E-state index in [0.717, 1.165) is 0 Å². The monoisotopic (exact) mass is 324 g/mol. The van der Waals surface area contributed by atoms with Gasteiger partial charge in [-0.15, -0.1) is 0 Å². The molecule has 3 atom stereocenters. The molecule has 23 heavy (non-hydrogen) atoms. The van der Waals surface area contributed by atoms with E-state index in [0.29, 0.717) is 25.1 Å². The van der Waals surface area contributed by atoms with Crippen molar-refractivity contribution in [2.24, 2.45) is 11.7 Å². The summed E-state index contributed by atoms with van der Waals surface area (Å²) in [5.74, 6) is -1.70. The van der Waals surface area contributed by atoms with Crippen molar-refractivity contribution in [1.82, 2.24) is 4.90 Å². The lowest BCUT2D eigenvalue weighted by Crippen LogP contribution is -2.56. The molecule has 7 nitrogen and oxygen atoms in total. The number of nitrogens with two attached hydrogens (primary N) is 1. The van der Waals surface area contributed by atoms with Crippen LogP contribution in [0, 0.1) is 5.92 Å². The maximum absolute atomic E-state index is 12.3. The Balaban J connectivity index is 2.19. The highest BCUT2D eigenvalue weighted by molar-refractivity contribution is 5.76. The summed E-state index contributed by atoms with van der Waals surface area (Å²) >= 11 is 0. The topological polar surface area (TPSA) is 106 Å². The van der Waals surface area contributed by atoms with Crippen LogP contribution >= 0.6 is 0 Å². The van der Waals surface area contributed by atoms with Crippen molar-refractivity contribution >= 4 is 11.9 Å². The predicted octanol–water partition coefficient (Wildman–Crippen LogP) is 1.74. The number of hydrogen-bond acceptors (Lipinski definition) is 6. The zero-order valence-electron chi connectivity index (χ0n) is 13.7. The van der Waals surface area contributed by atoms with Gasteiger partial charge in [-0.2, -0.15) is 0 Å². The van der Waals surface area contributed by atoms with Crippen LogP contribution in [-0.2, 0) is 14.3 Å². The lowest BCUT2D eigenvalue weighted by molar-refractivity contribution is -0.167. The SMILES string of the molecule is CC(C)(C)OC(=O)[C@@H]1CCCN([C@H](C(=O)O)c2ccco2)[C@H]1N. The number of carboxylic acids is 1. The number of ether oxygens (including phenoxy) is 1. The van der Waals surface area contributed by atoms with Gasteiger partial charge in [-0.05, 0) is 45.7 Å². The Morgan fingerprint density at radius 3 is 2.70 bits per heavy atom. The van der Waals surface area contributed by atoms with E-state index < -0.39 is 35.7 Å². The normalized spacial score (nSPS) is 24.2. The molecule has 0 spiro atoms. The minimum absolute atomic E-state index is 0.304. The number of esters is 1. The number of carboxylic acid groups (broad SMARTS) is 1. The first-order valence-electron chi connectivity index (χ1n) is 7.71. The third kappa shape index (κ3) is 4.11. The second-order valence-corrected chi connectivity index (χ2v) is 6.77. The maximum atomic E-state index is 12.3. The summed E-state index contributed by atoms with van der Waals surface area (Å²) in [7, 11) is 0. The standard InChI is InChI=1S/C16H24N2O5/c1-16(2,3)23-15(21)10-6-4-8-18(13(10)17)12(14(19)20)11-7-5-9-22-11/h5,7,9-10,12-13H,4,6,8,17H2,1-3H3,(H,19,20)/t10-,12+,13-/m1/s1. The van der Waals surface area contributed by atoms with E-state index in [2.05, 4.69) is 0 Å². The summed E-state index contributed by atoms with van der Waals surface area (Å²) in [5.41, 5.74) is 5.60. The minimum atomic E-state index is -1.06. The zero-order valence-corrected chi connectivity index (χ0v) is 13.7. The number of nitrogens with zero attached hydrogens (tertiary/aromatic N) is 1. The highest BCUT2D eigenvalue weighted by Gasteiger charge is 2.42. The summed E-state index contributed by atoms with van der Waals surface area (Å²) in [6.07, 6.45) is 1.94. The van der Waals surface area contributed by atoms with E-state index >= 15 is 0 Å². The number of rotatable bonds is 4. The Bertz CT molecular complexity index is 549. The van der Waals surface area contributed by atoms with Crippen molar-refractivity contribution in [3.8, 4) is 0 Å². The maximum Gasteiger partial charge on any atom is 0.328 e. The third-order valence-corrected chi connectivity index (χ3v) is 3.81. The van der Waals surface area contributed by atoms with Gasteiger partial charge in [0, 0.05) is 6.54 Å². The van der Waals surface area contributed by atoms with Crippen LogP contribution in [-0.4, -0.2) is 40.3 Å². The second-order valence-electron chi connectivity index (χ2n) is 6.77. The average molecular weight is 324 g/mol. The minimum Gasteiger partial charge on any atom is -0.480 e. The van der Waals surface area contributed by atoms with Crippen molar-refractivity contribution in [3.63, 3.8) is 0 Å². The van der Waals surface area contributed by atoms with Gasteiger partial charge < -0.3 is 20.0 Å². The zero-order chi connectivity index (χ0) is 17.2. The van der Waals surface area contributed by atoms with Crippen LogP contribution in [0.4, 0.5) is 0 Å². The van der Waals surface area contributed by atoms with Gasteiger partial charge in [-0.3, -0.25) is 14.5 Å². The van der Waals surface area contributed by atoms with Crippen LogP contribution in [0.2, 0.25) is 0 Å². The van der Waals surface area contributed by atoms with E-state index in [4.69, 9.17) is 14.9 Å². The molecule has 0 radical (unpaired) electrons. The first-order chi connectivity index (χ1) is 10.7. The molecular formula is C16H24N2O5. The van der Waals surface area contributed by atoms with Gasteiger partial charge in [0.25, 0.3) is 0 Å². The summed E-state index contributed by atoms with van der Waals surface area (Å²) in [4.78, 5) is 25.6. The van der Waals surface area contributed by atoms with Gasteiger partial charge in [-0.1, -0.05) is 0 Å². The summed E-state index contributed by atoms with van der Waals surface area (Å²) in [5, 5.41) is 9.55. The molecule has 1 aliphatic rings. The molecule has 7 heteroatoms. The number of furan rings is 1. The van der Waals surface area contributed by atoms with Gasteiger partial charge in [-0.25, -0.2) is 0 Å². The molecule has 0 unspecified atom stereocenters. The lowest BCUT2D eigenvalue weighted by Gasteiger charge is -2.40. The molecule has 1 aromatic heterocycles. The first kappa shape index (κ1) is 17.5. The van der Waals surface area contributed by atoms with Gasteiger partial charge in [0.2, 0.25) is 0 Å². The molecule has 0 amide bonds. The lowest BCUT2D eigenvalue weighted by atomic mass is 9.92. The highest BCUT2D eigenvalue weighted by Crippen LogP contribution is 2.31. The van der Waals surface area contributed by atoms with Crippen LogP contribution in [0.3, 0.4) is 0 Å². The van der Waals surface area contributed by atoms with Crippen molar-refractivity contribution in [1.29, 1.82) is 0 Å². The summed E-state index contributed by atoms with van der Waals surface area (Å²) in [6, 6.07) is 2.22. The fourth-order valence-corrected chi connectivity index (χ4v) is 2.85. The van der Waals surface area contributed by atoms with Gasteiger partial charge >= 0.3 is 11.9 Å². The Morgan fingerprint density at radius 2 is 2.17 bits per heavy atom. The summed E-state index contributed by atoms with van der Waals surface area (Å²) in [6.45, 7) is 5.86. The van der Waals surface area contributed by atoms with E-state index in [1.54, 1.807) is 37.8 Å². The van der Waals surface area contributed by atoms with Crippen LogP contribution in [0.15, 0.2) is 22.8 Å². The number of aliphatic carboxylic acids is 1. The fourth-order valence-electron chi connectivity index (χ4n) is 2.85.